The molecule has 0 aliphatic heterocycles. The Kier molecular flexibility index (Phi) is 8.66. The van der Waals surface area contributed by atoms with E-state index < -0.39 is 6.61 Å². The molecule has 4 saturated carbocycles. The van der Waals surface area contributed by atoms with Crippen molar-refractivity contribution < 1.29 is 28.2 Å². The summed E-state index contributed by atoms with van der Waals surface area (Å²) in [5.41, 5.74) is 1.96. The third kappa shape index (κ3) is 5.91. The van der Waals surface area contributed by atoms with Crippen LogP contribution >= 0.6 is 11.8 Å². The first-order valence-corrected chi connectivity index (χ1v) is 13.5. The number of hydrogen-bond donors (Lipinski definition) is 2. The topological polar surface area (TPSA) is 93.5 Å². The summed E-state index contributed by atoms with van der Waals surface area (Å²) in [6.07, 6.45) is 9.23. The van der Waals surface area contributed by atoms with Crippen molar-refractivity contribution in [3.63, 3.8) is 0 Å². The van der Waals surface area contributed by atoms with Gasteiger partial charge in [0.05, 0.1) is 30.1 Å². The van der Waals surface area contributed by atoms with Gasteiger partial charge in [-0.2, -0.15) is 13.9 Å². The van der Waals surface area contributed by atoms with Crippen LogP contribution in [0.25, 0.3) is 5.69 Å². The average Bonchev–Trinajstić information content (AvgIpc) is 3.27. The Hall–Kier alpha value is -2.46. The van der Waals surface area contributed by atoms with E-state index in [1.165, 1.54) is 39.2 Å². The van der Waals surface area contributed by atoms with Gasteiger partial charge < -0.3 is 15.2 Å². The molecule has 1 aromatic carbocycles. The van der Waals surface area contributed by atoms with Crippen molar-refractivity contribution in [1.82, 2.24) is 15.1 Å². The van der Waals surface area contributed by atoms with Crippen LogP contribution < -0.4 is 5.32 Å². The number of nitrogens with one attached hydrogen (secondary N) is 1. The minimum Gasteiger partial charge on any atom is -0.465 e. The monoisotopic (exact) mass is 521 g/mol. The maximum absolute atomic E-state index is 13.4. The average molecular weight is 522 g/mol. The van der Waals surface area contributed by atoms with Crippen molar-refractivity contribution in [2.75, 3.05) is 12.9 Å². The number of methoxy groups -OCH3 is 1. The van der Waals surface area contributed by atoms with Crippen LogP contribution in [0.3, 0.4) is 0 Å². The molecule has 10 heteroatoms. The second-order valence-electron chi connectivity index (χ2n) is 9.87. The van der Waals surface area contributed by atoms with Gasteiger partial charge in [0.25, 0.3) is 5.91 Å². The van der Waals surface area contributed by atoms with Crippen LogP contribution in [0.15, 0.2) is 35.5 Å². The predicted octanol–water partition coefficient (Wildman–Crippen LogP) is 4.92. The Morgan fingerprint density at radius 3 is 2.25 bits per heavy atom. The fourth-order valence-electron chi connectivity index (χ4n) is 6.26. The summed E-state index contributed by atoms with van der Waals surface area (Å²) < 4.78 is 26.4. The van der Waals surface area contributed by atoms with Crippen molar-refractivity contribution in [3.05, 3.63) is 41.6 Å². The first kappa shape index (κ1) is 26.6. The van der Waals surface area contributed by atoms with Crippen molar-refractivity contribution >= 4 is 23.6 Å². The highest BCUT2D eigenvalue weighted by molar-refractivity contribution is 7.99. The zero-order valence-corrected chi connectivity index (χ0v) is 21.3. The zero-order chi connectivity index (χ0) is 25.8. The van der Waals surface area contributed by atoms with E-state index >= 15 is 0 Å². The standard InChI is InChI=1S/C25H31N3O3S.CH2F2O/c1-3-8-32-24-21(14-26-28(24)20-6-4-17(5-7-20)25(30)31-2)23(29)27-22-18-10-15-9-16(12-18)13-19(22)11-15;2-1(3)4/h4-7,14-16,18-19,22H,3,8-13H2,1-2H3,(H,27,29);1,4H. The molecule has 2 aromatic rings. The lowest BCUT2D eigenvalue weighted by Crippen LogP contribution is -2.55. The van der Waals surface area contributed by atoms with Crippen LogP contribution in [-0.4, -0.2) is 52.3 Å². The van der Waals surface area contributed by atoms with Gasteiger partial charge in [-0.05, 0) is 92.2 Å². The number of carbonyl (C=O) groups is 2. The summed E-state index contributed by atoms with van der Waals surface area (Å²) in [5, 5.41) is 15.6. The molecule has 6 rings (SSSR count). The van der Waals surface area contributed by atoms with Crippen molar-refractivity contribution in [1.29, 1.82) is 0 Å². The largest absolute Gasteiger partial charge is 0.465 e. The normalized spacial score (nSPS) is 25.9. The van der Waals surface area contributed by atoms with Crippen LogP contribution in [0.4, 0.5) is 8.78 Å². The van der Waals surface area contributed by atoms with Gasteiger partial charge >= 0.3 is 12.6 Å². The minimum atomic E-state index is -3.17. The van der Waals surface area contributed by atoms with E-state index in [2.05, 4.69) is 17.3 Å². The zero-order valence-electron chi connectivity index (χ0n) is 20.5. The van der Waals surface area contributed by atoms with E-state index in [0.717, 1.165) is 34.7 Å². The van der Waals surface area contributed by atoms with Gasteiger partial charge in [0, 0.05) is 6.04 Å². The summed E-state index contributed by atoms with van der Waals surface area (Å²) >= 11 is 1.66. The third-order valence-corrected chi connectivity index (χ3v) is 8.75. The number of benzene rings is 1. The summed E-state index contributed by atoms with van der Waals surface area (Å²) in [4.78, 5) is 25.2. The first-order chi connectivity index (χ1) is 17.3. The highest BCUT2D eigenvalue weighted by Crippen LogP contribution is 2.53. The molecular weight excluding hydrogens is 488 g/mol. The van der Waals surface area contributed by atoms with Crippen LogP contribution in [-0.2, 0) is 4.74 Å². The van der Waals surface area contributed by atoms with Crippen molar-refractivity contribution in [3.8, 4) is 5.69 Å². The highest BCUT2D eigenvalue weighted by atomic mass is 32.2. The van der Waals surface area contributed by atoms with Gasteiger partial charge in [0.2, 0.25) is 0 Å². The van der Waals surface area contributed by atoms with E-state index in [1.54, 1.807) is 30.1 Å². The van der Waals surface area contributed by atoms with Crippen molar-refractivity contribution in [2.24, 2.45) is 23.7 Å². The second kappa shape index (κ2) is 11.7. The molecule has 4 aliphatic carbocycles. The van der Waals surface area contributed by atoms with E-state index in [0.29, 0.717) is 29.0 Å². The summed E-state index contributed by atoms with van der Waals surface area (Å²) in [6, 6.07) is 7.45. The number of rotatable bonds is 7. The van der Waals surface area contributed by atoms with Crippen LogP contribution in [0.1, 0.15) is 66.2 Å². The quantitative estimate of drug-likeness (QED) is 0.397. The van der Waals surface area contributed by atoms with Gasteiger partial charge in [-0.25, -0.2) is 9.48 Å². The summed E-state index contributed by atoms with van der Waals surface area (Å²) in [5.74, 6) is 3.59. The van der Waals surface area contributed by atoms with Gasteiger partial charge in [0.15, 0.2) is 0 Å². The fraction of sp³-hybridized carbons (Fsp3) is 0.577. The number of aromatic nitrogens is 2. The molecule has 1 amide bonds. The molecule has 2 N–H and O–H groups in total. The molecular formula is C26H33F2N3O4S. The number of esters is 1. The Balaban J connectivity index is 0.000000709. The number of alkyl halides is 2. The molecule has 4 aliphatic rings. The molecule has 0 spiro atoms. The van der Waals surface area contributed by atoms with Crippen LogP contribution in [0.5, 0.6) is 0 Å². The van der Waals surface area contributed by atoms with E-state index in [1.807, 2.05) is 16.8 Å². The molecule has 36 heavy (non-hydrogen) atoms. The molecule has 7 nitrogen and oxygen atoms in total. The number of amides is 1. The lowest BCUT2D eigenvalue weighted by molar-refractivity contribution is -0.0728. The Bertz CT molecular complexity index is 1030. The van der Waals surface area contributed by atoms with Crippen LogP contribution in [0, 0.1) is 23.7 Å². The van der Waals surface area contributed by atoms with E-state index in [4.69, 9.17) is 9.84 Å². The van der Waals surface area contributed by atoms with Crippen molar-refractivity contribution in [2.45, 2.75) is 63.1 Å². The number of aliphatic hydroxyl groups excluding tert-OH is 1. The lowest BCUT2D eigenvalue weighted by Gasteiger charge is -2.54. The number of hydrogen-bond acceptors (Lipinski definition) is 6. The molecule has 196 valence electrons. The molecule has 0 atom stereocenters. The molecule has 0 unspecified atom stereocenters. The number of nitrogens with zero attached hydrogens (tertiary/aromatic N) is 2. The molecule has 4 bridgehead atoms. The number of ether oxygens (including phenoxy) is 1. The Labute approximate surface area is 214 Å². The first-order valence-electron chi connectivity index (χ1n) is 12.5. The molecule has 4 fully saturated rings. The van der Waals surface area contributed by atoms with E-state index in [-0.39, 0.29) is 11.9 Å². The number of aliphatic hydroxyl groups is 1. The fourth-order valence-corrected chi connectivity index (χ4v) is 7.23. The summed E-state index contributed by atoms with van der Waals surface area (Å²) in [7, 11) is 1.37. The second-order valence-corrected chi connectivity index (χ2v) is 11.0. The van der Waals surface area contributed by atoms with Gasteiger partial charge in [-0.3, -0.25) is 4.79 Å². The molecule has 0 saturated heterocycles. The van der Waals surface area contributed by atoms with Gasteiger partial charge in [-0.15, -0.1) is 11.8 Å². The minimum absolute atomic E-state index is 0.00138. The molecule has 1 heterocycles. The van der Waals surface area contributed by atoms with Gasteiger partial charge in [0.1, 0.15) is 5.03 Å². The Morgan fingerprint density at radius 2 is 1.72 bits per heavy atom. The predicted molar refractivity (Wildman–Crippen MR) is 132 cm³/mol. The number of thioether (sulfide) groups is 1. The Morgan fingerprint density at radius 1 is 1.14 bits per heavy atom. The SMILES string of the molecule is CCCSc1c(C(=O)NC2C3CC4CC(C3)CC2C4)cnn1-c1ccc(C(=O)OC)cc1.OC(F)F. The maximum Gasteiger partial charge on any atom is 0.342 e. The molecule has 1 aromatic heterocycles. The van der Waals surface area contributed by atoms with Crippen LogP contribution in [0.2, 0.25) is 0 Å². The lowest BCUT2D eigenvalue weighted by atomic mass is 9.54. The number of halogens is 2. The highest BCUT2D eigenvalue weighted by Gasteiger charge is 2.48. The third-order valence-electron chi connectivity index (χ3n) is 7.47. The van der Waals surface area contributed by atoms with E-state index in [9.17, 15) is 18.4 Å². The molecule has 0 radical (unpaired) electrons. The van der Waals surface area contributed by atoms with Gasteiger partial charge in [-0.1, -0.05) is 6.92 Å². The maximum atomic E-state index is 13.4. The summed E-state index contributed by atoms with van der Waals surface area (Å²) in [6.45, 7) is -1.03. The number of carbonyl (C=O) groups excluding carboxylic acids is 2. The smallest absolute Gasteiger partial charge is 0.342 e.